The molecular formula is C18H17Br2N3OS. The lowest BCUT2D eigenvalue weighted by Gasteiger charge is -2.07. The van der Waals surface area contributed by atoms with Gasteiger partial charge >= 0.3 is 0 Å². The van der Waals surface area contributed by atoms with Crippen LogP contribution in [0.1, 0.15) is 32.2 Å². The van der Waals surface area contributed by atoms with Crippen LogP contribution in [0.4, 0.5) is 5.69 Å². The second-order valence-corrected chi connectivity index (χ2v) is 9.10. The SMILES string of the molecule is Cc1cccc(Cn2nc(C)c(NC(=O)c3cc(Br)c(Br)s3)c2C)c1. The Kier molecular flexibility index (Phi) is 5.46. The lowest BCUT2D eigenvalue weighted by atomic mass is 10.1. The molecule has 1 amide bonds. The van der Waals surface area contributed by atoms with Crippen LogP contribution in [0.5, 0.6) is 0 Å². The Morgan fingerprint density at radius 1 is 1.24 bits per heavy atom. The molecule has 3 aromatic rings. The van der Waals surface area contributed by atoms with Crippen molar-refractivity contribution in [1.82, 2.24) is 9.78 Å². The minimum Gasteiger partial charge on any atom is -0.318 e. The molecule has 2 heterocycles. The van der Waals surface area contributed by atoms with E-state index in [-0.39, 0.29) is 5.91 Å². The van der Waals surface area contributed by atoms with Gasteiger partial charge in [-0.1, -0.05) is 29.8 Å². The molecule has 25 heavy (non-hydrogen) atoms. The molecule has 0 fully saturated rings. The highest BCUT2D eigenvalue weighted by Gasteiger charge is 2.17. The Balaban J connectivity index is 1.83. The minimum atomic E-state index is -0.127. The van der Waals surface area contributed by atoms with Crippen LogP contribution in [0.25, 0.3) is 0 Å². The third-order valence-electron chi connectivity index (χ3n) is 3.90. The quantitative estimate of drug-likeness (QED) is 0.518. The number of hydrogen-bond donors (Lipinski definition) is 1. The summed E-state index contributed by atoms with van der Waals surface area (Å²) in [5, 5.41) is 7.59. The van der Waals surface area contributed by atoms with Gasteiger partial charge in [0.1, 0.15) is 0 Å². The van der Waals surface area contributed by atoms with Crippen LogP contribution < -0.4 is 5.32 Å². The van der Waals surface area contributed by atoms with Gasteiger partial charge in [-0.05, 0) is 64.3 Å². The first-order valence-corrected chi connectivity index (χ1v) is 10.1. The van der Waals surface area contributed by atoms with Crippen molar-refractivity contribution in [1.29, 1.82) is 0 Å². The maximum atomic E-state index is 12.5. The second-order valence-electron chi connectivity index (χ2n) is 5.88. The van der Waals surface area contributed by atoms with Gasteiger partial charge in [-0.2, -0.15) is 5.10 Å². The summed E-state index contributed by atoms with van der Waals surface area (Å²) in [5.41, 5.74) is 4.95. The van der Waals surface area contributed by atoms with Crippen LogP contribution in [-0.2, 0) is 6.54 Å². The molecule has 0 unspecified atom stereocenters. The average molecular weight is 483 g/mol. The summed E-state index contributed by atoms with van der Waals surface area (Å²) in [6.07, 6.45) is 0. The van der Waals surface area contributed by atoms with Gasteiger partial charge < -0.3 is 5.32 Å². The zero-order chi connectivity index (χ0) is 18.1. The number of rotatable bonds is 4. The van der Waals surface area contributed by atoms with Gasteiger partial charge in [-0.3, -0.25) is 9.48 Å². The molecule has 0 aliphatic heterocycles. The molecule has 4 nitrogen and oxygen atoms in total. The maximum Gasteiger partial charge on any atom is 0.265 e. The predicted molar refractivity (Wildman–Crippen MR) is 110 cm³/mol. The van der Waals surface area contributed by atoms with E-state index in [2.05, 4.69) is 67.4 Å². The summed E-state index contributed by atoms with van der Waals surface area (Å²) in [4.78, 5) is 13.2. The zero-order valence-corrected chi connectivity index (χ0v) is 18.0. The Labute approximate surface area is 167 Å². The number of carbonyl (C=O) groups excluding carboxylic acids is 1. The van der Waals surface area contributed by atoms with Crippen molar-refractivity contribution in [2.24, 2.45) is 0 Å². The summed E-state index contributed by atoms with van der Waals surface area (Å²) < 4.78 is 3.72. The Morgan fingerprint density at radius 2 is 2.00 bits per heavy atom. The summed E-state index contributed by atoms with van der Waals surface area (Å²) in [6.45, 7) is 6.65. The maximum absolute atomic E-state index is 12.5. The van der Waals surface area contributed by atoms with Gasteiger partial charge in [0.15, 0.2) is 0 Å². The van der Waals surface area contributed by atoms with Crippen LogP contribution in [0.3, 0.4) is 0 Å². The minimum absolute atomic E-state index is 0.127. The van der Waals surface area contributed by atoms with E-state index in [9.17, 15) is 4.79 Å². The number of thiophene rings is 1. The highest BCUT2D eigenvalue weighted by Crippen LogP contribution is 2.33. The number of aromatic nitrogens is 2. The first-order valence-electron chi connectivity index (χ1n) is 7.71. The van der Waals surface area contributed by atoms with Crippen LogP contribution >= 0.6 is 43.2 Å². The van der Waals surface area contributed by atoms with E-state index in [0.29, 0.717) is 11.4 Å². The number of amides is 1. The molecule has 0 radical (unpaired) electrons. The Bertz CT molecular complexity index is 926. The molecule has 0 saturated carbocycles. The Hall–Kier alpha value is -1.44. The number of aryl methyl sites for hydroxylation is 2. The predicted octanol–water partition coefficient (Wildman–Crippen LogP) is 5.70. The summed E-state index contributed by atoms with van der Waals surface area (Å²) in [7, 11) is 0. The molecule has 0 bridgehead atoms. The largest absolute Gasteiger partial charge is 0.318 e. The van der Waals surface area contributed by atoms with Crippen molar-refractivity contribution in [3.63, 3.8) is 0 Å². The lowest BCUT2D eigenvalue weighted by Crippen LogP contribution is -2.12. The third-order valence-corrected chi connectivity index (χ3v) is 7.16. The van der Waals surface area contributed by atoms with Gasteiger partial charge in [0, 0.05) is 4.47 Å². The normalized spacial score (nSPS) is 10.9. The van der Waals surface area contributed by atoms with E-state index in [1.54, 1.807) is 0 Å². The number of nitrogens with zero attached hydrogens (tertiary/aromatic N) is 2. The number of nitrogens with one attached hydrogen (secondary N) is 1. The number of anilines is 1. The van der Waals surface area contributed by atoms with Crippen molar-refractivity contribution in [3.05, 3.63) is 66.0 Å². The van der Waals surface area contributed by atoms with E-state index < -0.39 is 0 Å². The number of benzene rings is 1. The van der Waals surface area contributed by atoms with Crippen molar-refractivity contribution in [3.8, 4) is 0 Å². The van der Waals surface area contributed by atoms with E-state index in [1.165, 1.54) is 22.5 Å². The zero-order valence-electron chi connectivity index (χ0n) is 14.1. The summed E-state index contributed by atoms with van der Waals surface area (Å²) >= 11 is 8.23. The Morgan fingerprint density at radius 3 is 2.64 bits per heavy atom. The van der Waals surface area contributed by atoms with Gasteiger partial charge in [-0.25, -0.2) is 0 Å². The molecule has 0 aliphatic carbocycles. The molecule has 1 aromatic carbocycles. The van der Waals surface area contributed by atoms with Crippen molar-refractivity contribution >= 4 is 54.8 Å². The first kappa shape index (κ1) is 18.4. The van der Waals surface area contributed by atoms with Crippen LogP contribution in [0.2, 0.25) is 0 Å². The fraction of sp³-hybridized carbons (Fsp3) is 0.222. The third kappa shape index (κ3) is 4.04. The first-order chi connectivity index (χ1) is 11.8. The van der Waals surface area contributed by atoms with E-state index in [0.717, 1.165) is 25.3 Å². The van der Waals surface area contributed by atoms with Crippen molar-refractivity contribution in [2.45, 2.75) is 27.3 Å². The van der Waals surface area contributed by atoms with Crippen LogP contribution in [0, 0.1) is 20.8 Å². The fourth-order valence-corrected chi connectivity index (χ4v) is 4.58. The van der Waals surface area contributed by atoms with Crippen LogP contribution in [-0.4, -0.2) is 15.7 Å². The van der Waals surface area contributed by atoms with E-state index >= 15 is 0 Å². The smallest absolute Gasteiger partial charge is 0.265 e. The molecule has 0 aliphatic rings. The van der Waals surface area contributed by atoms with Gasteiger partial charge in [0.25, 0.3) is 5.91 Å². The van der Waals surface area contributed by atoms with Crippen LogP contribution in [0.15, 0.2) is 38.6 Å². The molecule has 7 heteroatoms. The summed E-state index contributed by atoms with van der Waals surface area (Å²) in [5.74, 6) is -0.127. The number of carbonyl (C=O) groups is 1. The molecule has 0 saturated heterocycles. The monoisotopic (exact) mass is 481 g/mol. The fourth-order valence-electron chi connectivity index (χ4n) is 2.65. The lowest BCUT2D eigenvalue weighted by molar-refractivity contribution is 0.103. The topological polar surface area (TPSA) is 46.9 Å². The standard InChI is InChI=1S/C18H17Br2N3OS/c1-10-5-4-6-13(7-10)9-23-12(3)16(11(2)22-23)21-18(24)15-8-14(19)17(20)25-15/h4-8H,9H2,1-3H3,(H,21,24). The van der Waals surface area contributed by atoms with Gasteiger partial charge in [0.2, 0.25) is 0 Å². The van der Waals surface area contributed by atoms with Gasteiger partial charge in [-0.15, -0.1) is 11.3 Å². The van der Waals surface area contributed by atoms with Crippen molar-refractivity contribution in [2.75, 3.05) is 5.32 Å². The average Bonchev–Trinajstić information content (AvgIpc) is 3.02. The molecule has 130 valence electrons. The molecule has 3 rings (SSSR count). The molecule has 1 N–H and O–H groups in total. The highest BCUT2D eigenvalue weighted by molar-refractivity contribution is 9.13. The van der Waals surface area contributed by atoms with E-state index in [4.69, 9.17) is 0 Å². The molecule has 0 spiro atoms. The summed E-state index contributed by atoms with van der Waals surface area (Å²) in [6, 6.07) is 10.2. The number of hydrogen-bond acceptors (Lipinski definition) is 3. The van der Waals surface area contributed by atoms with Gasteiger partial charge in [0.05, 0.1) is 32.3 Å². The molecule has 2 aromatic heterocycles. The van der Waals surface area contributed by atoms with Crippen molar-refractivity contribution < 1.29 is 4.79 Å². The highest BCUT2D eigenvalue weighted by atomic mass is 79.9. The second kappa shape index (κ2) is 7.43. The molecule has 0 atom stereocenters. The number of halogens is 2. The molecular weight excluding hydrogens is 466 g/mol. The van der Waals surface area contributed by atoms with E-state index in [1.807, 2.05) is 30.7 Å².